The number of β-amino-alcohol motifs (C(OH)–C–C–N with tert-alkyl or cyclic N) is 1. The van der Waals surface area contributed by atoms with Crippen molar-refractivity contribution in [1.82, 2.24) is 0 Å². The van der Waals surface area contributed by atoms with Crippen molar-refractivity contribution in [3.8, 4) is 0 Å². The molecular formula is C16H18N2O. The van der Waals surface area contributed by atoms with Crippen molar-refractivity contribution in [3.05, 3.63) is 59.7 Å². The molecule has 2 aromatic rings. The van der Waals surface area contributed by atoms with Gasteiger partial charge in [0.1, 0.15) is 0 Å². The van der Waals surface area contributed by atoms with Crippen LogP contribution in [0.5, 0.6) is 0 Å². The summed E-state index contributed by atoms with van der Waals surface area (Å²) in [5.74, 6) is 0. The van der Waals surface area contributed by atoms with Gasteiger partial charge in [0.25, 0.3) is 0 Å². The second-order valence-electron chi connectivity index (χ2n) is 5.01. The Balaban J connectivity index is 1.74. The predicted octanol–water partition coefficient (Wildman–Crippen LogP) is 2.36. The van der Waals surface area contributed by atoms with Crippen LogP contribution in [-0.4, -0.2) is 18.2 Å². The molecule has 0 bridgehead atoms. The largest absolute Gasteiger partial charge is 0.399 e. The molecule has 0 spiro atoms. The fourth-order valence-electron chi connectivity index (χ4n) is 2.63. The molecule has 3 rings (SSSR count). The van der Waals surface area contributed by atoms with E-state index in [9.17, 15) is 5.11 Å². The van der Waals surface area contributed by atoms with Gasteiger partial charge in [0, 0.05) is 24.5 Å². The molecule has 0 aliphatic carbocycles. The summed E-state index contributed by atoms with van der Waals surface area (Å²) in [5, 5.41) is 10.3. The summed E-state index contributed by atoms with van der Waals surface area (Å²) >= 11 is 0. The number of aliphatic hydroxyl groups excluding tert-OH is 1. The van der Waals surface area contributed by atoms with Crippen molar-refractivity contribution in [3.63, 3.8) is 0 Å². The van der Waals surface area contributed by atoms with Crippen LogP contribution < -0.4 is 10.6 Å². The van der Waals surface area contributed by atoms with E-state index in [2.05, 4.69) is 23.1 Å². The van der Waals surface area contributed by atoms with E-state index >= 15 is 0 Å². The van der Waals surface area contributed by atoms with Gasteiger partial charge >= 0.3 is 0 Å². The standard InChI is InChI=1S/C16H18N2O/c17-14-7-5-13(6-8-14)16(19)11-18-10-9-12-3-1-2-4-15(12)18/h1-8,16,19H,9-11,17H2. The highest BCUT2D eigenvalue weighted by molar-refractivity contribution is 5.58. The zero-order valence-corrected chi connectivity index (χ0v) is 10.8. The number of anilines is 2. The van der Waals surface area contributed by atoms with E-state index in [4.69, 9.17) is 5.73 Å². The van der Waals surface area contributed by atoms with Crippen LogP contribution in [0.25, 0.3) is 0 Å². The van der Waals surface area contributed by atoms with Gasteiger partial charge in [-0.1, -0.05) is 30.3 Å². The molecule has 1 aliphatic heterocycles. The Hall–Kier alpha value is -2.00. The molecule has 0 radical (unpaired) electrons. The van der Waals surface area contributed by atoms with Crippen LogP contribution in [0.2, 0.25) is 0 Å². The summed E-state index contributed by atoms with van der Waals surface area (Å²) in [6, 6.07) is 15.8. The molecule has 1 unspecified atom stereocenters. The number of aliphatic hydroxyl groups is 1. The highest BCUT2D eigenvalue weighted by atomic mass is 16.3. The smallest absolute Gasteiger partial charge is 0.0964 e. The Bertz CT molecular complexity index is 565. The molecule has 1 atom stereocenters. The van der Waals surface area contributed by atoms with Crippen molar-refractivity contribution >= 4 is 11.4 Å². The van der Waals surface area contributed by atoms with Crippen LogP contribution in [-0.2, 0) is 6.42 Å². The van der Waals surface area contributed by atoms with Crippen LogP contribution in [0.4, 0.5) is 11.4 Å². The Morgan fingerprint density at radius 1 is 1.11 bits per heavy atom. The van der Waals surface area contributed by atoms with Gasteiger partial charge in [0.2, 0.25) is 0 Å². The summed E-state index contributed by atoms with van der Waals surface area (Å²) in [5.41, 5.74) is 9.92. The van der Waals surface area contributed by atoms with Crippen LogP contribution in [0.1, 0.15) is 17.2 Å². The normalized spacial score (nSPS) is 15.3. The monoisotopic (exact) mass is 254 g/mol. The first-order chi connectivity index (χ1) is 9.24. The maximum Gasteiger partial charge on any atom is 0.0964 e. The summed E-state index contributed by atoms with van der Waals surface area (Å²) in [6.07, 6.45) is 0.580. The summed E-state index contributed by atoms with van der Waals surface area (Å²) in [4.78, 5) is 2.25. The van der Waals surface area contributed by atoms with Gasteiger partial charge in [-0.3, -0.25) is 0 Å². The number of nitrogen functional groups attached to an aromatic ring is 1. The zero-order chi connectivity index (χ0) is 13.2. The van der Waals surface area contributed by atoms with Crippen LogP contribution in [0, 0.1) is 0 Å². The lowest BCUT2D eigenvalue weighted by Gasteiger charge is -2.23. The molecule has 19 heavy (non-hydrogen) atoms. The SMILES string of the molecule is Nc1ccc(C(O)CN2CCc3ccccc32)cc1. The van der Waals surface area contributed by atoms with Crippen molar-refractivity contribution in [2.75, 3.05) is 23.7 Å². The van der Waals surface area contributed by atoms with E-state index in [0.29, 0.717) is 6.54 Å². The third-order valence-electron chi connectivity index (χ3n) is 3.70. The molecule has 0 aromatic heterocycles. The van der Waals surface area contributed by atoms with Crippen molar-refractivity contribution in [2.45, 2.75) is 12.5 Å². The van der Waals surface area contributed by atoms with Gasteiger partial charge in [-0.25, -0.2) is 0 Å². The Kier molecular flexibility index (Phi) is 3.13. The minimum absolute atomic E-state index is 0.480. The lowest BCUT2D eigenvalue weighted by molar-refractivity contribution is 0.184. The number of nitrogens with two attached hydrogens (primary N) is 1. The molecule has 1 aliphatic rings. The Morgan fingerprint density at radius 3 is 2.63 bits per heavy atom. The first kappa shape index (κ1) is 12.1. The molecule has 2 aromatic carbocycles. The lowest BCUT2D eigenvalue weighted by atomic mass is 10.1. The van der Waals surface area contributed by atoms with Gasteiger partial charge in [-0.05, 0) is 35.7 Å². The van der Waals surface area contributed by atoms with Crippen molar-refractivity contribution < 1.29 is 5.11 Å². The minimum Gasteiger partial charge on any atom is -0.399 e. The second-order valence-corrected chi connectivity index (χ2v) is 5.01. The summed E-state index contributed by atoms with van der Waals surface area (Å²) < 4.78 is 0. The highest BCUT2D eigenvalue weighted by Crippen LogP contribution is 2.29. The summed E-state index contributed by atoms with van der Waals surface area (Å²) in [6.45, 7) is 1.60. The number of hydrogen-bond acceptors (Lipinski definition) is 3. The average molecular weight is 254 g/mol. The molecule has 0 saturated heterocycles. The fourth-order valence-corrected chi connectivity index (χ4v) is 2.63. The van der Waals surface area contributed by atoms with Gasteiger partial charge in [0.05, 0.1) is 6.10 Å². The molecule has 3 N–H and O–H groups in total. The minimum atomic E-state index is -0.480. The molecule has 1 heterocycles. The molecule has 0 fully saturated rings. The van der Waals surface area contributed by atoms with E-state index in [1.54, 1.807) is 0 Å². The van der Waals surface area contributed by atoms with Crippen molar-refractivity contribution in [1.29, 1.82) is 0 Å². The fraction of sp³-hybridized carbons (Fsp3) is 0.250. The predicted molar refractivity (Wildman–Crippen MR) is 78.2 cm³/mol. The third kappa shape index (κ3) is 2.42. The van der Waals surface area contributed by atoms with Crippen LogP contribution >= 0.6 is 0 Å². The van der Waals surface area contributed by atoms with Gasteiger partial charge in [0.15, 0.2) is 0 Å². The van der Waals surface area contributed by atoms with E-state index < -0.39 is 6.10 Å². The van der Waals surface area contributed by atoms with Gasteiger partial charge in [-0.15, -0.1) is 0 Å². The van der Waals surface area contributed by atoms with Gasteiger partial charge < -0.3 is 15.7 Å². The number of hydrogen-bond donors (Lipinski definition) is 2. The van der Waals surface area contributed by atoms with E-state index in [1.807, 2.05) is 30.3 Å². The van der Waals surface area contributed by atoms with Crippen LogP contribution in [0.15, 0.2) is 48.5 Å². The first-order valence-corrected chi connectivity index (χ1v) is 6.60. The average Bonchev–Trinajstić information content (AvgIpc) is 2.83. The lowest BCUT2D eigenvalue weighted by Crippen LogP contribution is -2.26. The number of fused-ring (bicyclic) bond motifs is 1. The maximum atomic E-state index is 10.3. The zero-order valence-electron chi connectivity index (χ0n) is 10.8. The quantitative estimate of drug-likeness (QED) is 0.827. The molecule has 0 saturated carbocycles. The molecule has 3 heteroatoms. The maximum absolute atomic E-state index is 10.3. The molecule has 98 valence electrons. The number of nitrogens with zero attached hydrogens (tertiary/aromatic N) is 1. The number of para-hydroxylation sites is 1. The molecule has 3 nitrogen and oxygen atoms in total. The molecule has 0 amide bonds. The topological polar surface area (TPSA) is 49.5 Å². The van der Waals surface area contributed by atoms with Crippen molar-refractivity contribution in [2.24, 2.45) is 0 Å². The van der Waals surface area contributed by atoms with Crippen LogP contribution in [0.3, 0.4) is 0 Å². The van der Waals surface area contributed by atoms with E-state index in [1.165, 1.54) is 11.3 Å². The van der Waals surface area contributed by atoms with E-state index in [0.717, 1.165) is 24.2 Å². The second kappa shape index (κ2) is 4.94. The number of rotatable bonds is 3. The van der Waals surface area contributed by atoms with Gasteiger partial charge in [-0.2, -0.15) is 0 Å². The third-order valence-corrected chi connectivity index (χ3v) is 3.70. The molecular weight excluding hydrogens is 236 g/mol. The summed E-state index contributed by atoms with van der Waals surface area (Å²) in [7, 11) is 0. The Morgan fingerprint density at radius 2 is 1.84 bits per heavy atom. The number of benzene rings is 2. The first-order valence-electron chi connectivity index (χ1n) is 6.60. The van der Waals surface area contributed by atoms with E-state index in [-0.39, 0.29) is 0 Å². The Labute approximate surface area is 113 Å². The highest BCUT2D eigenvalue weighted by Gasteiger charge is 2.21.